The van der Waals surface area contributed by atoms with Gasteiger partial charge in [0.25, 0.3) is 0 Å². The van der Waals surface area contributed by atoms with Crippen LogP contribution in [0.15, 0.2) is 71.0 Å². The van der Waals surface area contributed by atoms with Crippen LogP contribution in [0.2, 0.25) is 0 Å². The predicted molar refractivity (Wildman–Crippen MR) is 106 cm³/mol. The van der Waals surface area contributed by atoms with E-state index in [1.165, 1.54) is 5.57 Å². The molecule has 3 N–H and O–H groups in total. The Balaban J connectivity index is 1.69. The van der Waals surface area contributed by atoms with Crippen molar-refractivity contribution in [2.75, 3.05) is 14.1 Å². The van der Waals surface area contributed by atoms with E-state index in [-0.39, 0.29) is 12.0 Å². The number of likely N-dealkylation sites (N-methyl/N-ethyl adjacent to an activating group) is 1. The highest BCUT2D eigenvalue weighted by Crippen LogP contribution is 2.41. The number of ether oxygens (including phenoxy) is 1. The van der Waals surface area contributed by atoms with E-state index in [1.807, 2.05) is 0 Å². The molecule has 1 aliphatic heterocycles. The average Bonchev–Trinajstić information content (AvgIpc) is 2.62. The summed E-state index contributed by atoms with van der Waals surface area (Å²) in [5, 5.41) is 3.74. The second kappa shape index (κ2) is 6.84. The molecule has 4 heteroatoms. The molecule has 0 spiro atoms. The van der Waals surface area contributed by atoms with Crippen molar-refractivity contribution >= 4 is 0 Å². The summed E-state index contributed by atoms with van der Waals surface area (Å²) in [6.07, 6.45) is 18.8. The lowest BCUT2D eigenvalue weighted by Gasteiger charge is -2.41. The molecular weight excluding hydrogens is 322 g/mol. The second-order valence-electron chi connectivity index (χ2n) is 7.87. The van der Waals surface area contributed by atoms with E-state index in [1.54, 1.807) is 0 Å². The zero-order valence-electron chi connectivity index (χ0n) is 15.9. The largest absolute Gasteiger partial charge is 0.461 e. The second-order valence-corrected chi connectivity index (χ2v) is 7.87. The van der Waals surface area contributed by atoms with Gasteiger partial charge in [0.05, 0.1) is 23.4 Å². The van der Waals surface area contributed by atoms with Crippen molar-refractivity contribution in [3.63, 3.8) is 0 Å². The molecule has 1 fully saturated rings. The van der Waals surface area contributed by atoms with Gasteiger partial charge < -0.3 is 20.7 Å². The molecule has 0 aromatic carbocycles. The van der Waals surface area contributed by atoms with E-state index in [2.05, 4.69) is 73.8 Å². The van der Waals surface area contributed by atoms with Crippen molar-refractivity contribution in [1.29, 1.82) is 0 Å². The van der Waals surface area contributed by atoms with Gasteiger partial charge in [-0.25, -0.2) is 0 Å². The maximum absolute atomic E-state index is 6.36. The molecule has 0 amide bonds. The summed E-state index contributed by atoms with van der Waals surface area (Å²) < 4.78 is 6.36. The Morgan fingerprint density at radius 2 is 1.92 bits per heavy atom. The third-order valence-electron chi connectivity index (χ3n) is 5.67. The fraction of sp³-hybridized carbons (Fsp3) is 0.455. The summed E-state index contributed by atoms with van der Waals surface area (Å²) in [7, 11) is 4.23. The molecule has 3 aliphatic carbocycles. The minimum atomic E-state index is 0.157. The van der Waals surface area contributed by atoms with Crippen LogP contribution in [0.1, 0.15) is 26.2 Å². The van der Waals surface area contributed by atoms with Gasteiger partial charge in [-0.1, -0.05) is 37.3 Å². The van der Waals surface area contributed by atoms with Gasteiger partial charge in [-0.05, 0) is 51.4 Å². The summed E-state index contributed by atoms with van der Waals surface area (Å²) in [6.45, 7) is 2.19. The smallest absolute Gasteiger partial charge is 0.129 e. The molecule has 1 saturated heterocycles. The van der Waals surface area contributed by atoms with Crippen molar-refractivity contribution in [3.05, 3.63) is 71.0 Å². The van der Waals surface area contributed by atoms with E-state index in [9.17, 15) is 0 Å². The van der Waals surface area contributed by atoms with Crippen LogP contribution in [0.3, 0.4) is 0 Å². The first kappa shape index (κ1) is 17.2. The van der Waals surface area contributed by atoms with Crippen LogP contribution >= 0.6 is 0 Å². The fourth-order valence-electron chi connectivity index (χ4n) is 4.11. The first-order valence-electron chi connectivity index (χ1n) is 9.62. The van der Waals surface area contributed by atoms with E-state index in [0.717, 1.165) is 42.2 Å². The molecule has 0 aromatic heterocycles. The van der Waals surface area contributed by atoms with E-state index in [4.69, 9.17) is 10.5 Å². The lowest BCUT2D eigenvalue weighted by atomic mass is 9.80. The Hall–Kier alpha value is -2.20. The Bertz CT molecular complexity index is 766. The molecular formula is C22H29N3O. The molecule has 0 bridgehead atoms. The van der Waals surface area contributed by atoms with E-state index in [0.29, 0.717) is 12.0 Å². The van der Waals surface area contributed by atoms with Crippen molar-refractivity contribution in [3.8, 4) is 0 Å². The molecule has 1 heterocycles. The number of hydrogen-bond donors (Lipinski definition) is 2. The van der Waals surface area contributed by atoms with Gasteiger partial charge >= 0.3 is 0 Å². The molecule has 0 radical (unpaired) electrons. The van der Waals surface area contributed by atoms with Crippen LogP contribution in [0.5, 0.6) is 0 Å². The van der Waals surface area contributed by atoms with Crippen molar-refractivity contribution < 1.29 is 4.74 Å². The average molecular weight is 351 g/mol. The Morgan fingerprint density at radius 1 is 1.12 bits per heavy atom. The number of nitrogens with zero attached hydrogens (tertiary/aromatic N) is 1. The zero-order valence-corrected chi connectivity index (χ0v) is 15.9. The molecule has 138 valence electrons. The van der Waals surface area contributed by atoms with Crippen LogP contribution < -0.4 is 11.1 Å². The molecule has 4 aliphatic rings. The quantitative estimate of drug-likeness (QED) is 0.766. The van der Waals surface area contributed by atoms with Gasteiger partial charge in [-0.2, -0.15) is 0 Å². The molecule has 3 unspecified atom stereocenters. The van der Waals surface area contributed by atoms with Crippen LogP contribution in [0.4, 0.5) is 0 Å². The third-order valence-corrected chi connectivity index (χ3v) is 5.67. The summed E-state index contributed by atoms with van der Waals surface area (Å²) in [6, 6.07) is 0.534. The van der Waals surface area contributed by atoms with E-state index < -0.39 is 0 Å². The molecule has 0 saturated carbocycles. The lowest BCUT2D eigenvalue weighted by Crippen LogP contribution is -2.45. The maximum Gasteiger partial charge on any atom is 0.129 e. The number of rotatable bonds is 3. The first-order valence-corrected chi connectivity index (χ1v) is 9.62. The normalized spacial score (nSPS) is 33.0. The van der Waals surface area contributed by atoms with Gasteiger partial charge in [0.2, 0.25) is 0 Å². The number of nitrogens with two attached hydrogens (primary N) is 1. The topological polar surface area (TPSA) is 50.5 Å². The first-order chi connectivity index (χ1) is 12.5. The SMILES string of the molecule is C[C@H]1C=CC2C(=C1)OC1=CC(N(C)C)CC=C1C2NC1=CCCC=C1N. The van der Waals surface area contributed by atoms with Crippen LogP contribution in [0, 0.1) is 11.8 Å². The van der Waals surface area contributed by atoms with Gasteiger partial charge in [0, 0.05) is 11.6 Å². The van der Waals surface area contributed by atoms with Crippen LogP contribution in [0.25, 0.3) is 0 Å². The van der Waals surface area contributed by atoms with Crippen molar-refractivity contribution in [2.24, 2.45) is 17.6 Å². The summed E-state index contributed by atoms with van der Waals surface area (Å²) in [4.78, 5) is 2.24. The number of fused-ring (bicyclic) bond motifs is 2. The van der Waals surface area contributed by atoms with Crippen LogP contribution in [-0.4, -0.2) is 31.1 Å². The van der Waals surface area contributed by atoms with Gasteiger partial charge in [0.15, 0.2) is 0 Å². The van der Waals surface area contributed by atoms with Gasteiger partial charge in [-0.3, -0.25) is 0 Å². The molecule has 4 rings (SSSR count). The highest BCUT2D eigenvalue weighted by Gasteiger charge is 2.39. The monoisotopic (exact) mass is 351 g/mol. The standard InChI is InChI=1S/C22H29N3O/c1-14-8-10-16-20(12-14)26-21-13-15(25(2)3)9-11-17(21)22(16)24-19-7-5-4-6-18(19)23/h6-8,10-16,22,24H,4-5,9,23H2,1-3H3/t14-,15?,16?,22?/m0/s1. The molecule has 0 aromatic rings. The predicted octanol–water partition coefficient (Wildman–Crippen LogP) is 3.35. The summed E-state index contributed by atoms with van der Waals surface area (Å²) >= 11 is 0. The minimum absolute atomic E-state index is 0.157. The third kappa shape index (κ3) is 3.14. The number of allylic oxidation sites excluding steroid dienone is 4. The summed E-state index contributed by atoms with van der Waals surface area (Å²) in [5.74, 6) is 2.66. The maximum atomic E-state index is 6.36. The van der Waals surface area contributed by atoms with Crippen molar-refractivity contribution in [2.45, 2.75) is 38.3 Å². The fourth-order valence-corrected chi connectivity index (χ4v) is 4.11. The lowest BCUT2D eigenvalue weighted by molar-refractivity contribution is 0.209. The Labute approximate surface area is 156 Å². The Kier molecular flexibility index (Phi) is 4.53. The zero-order chi connectivity index (χ0) is 18.3. The molecule has 4 nitrogen and oxygen atoms in total. The number of hydrogen-bond acceptors (Lipinski definition) is 4. The van der Waals surface area contributed by atoms with Gasteiger partial charge in [-0.15, -0.1) is 0 Å². The molecule has 4 atom stereocenters. The van der Waals surface area contributed by atoms with E-state index >= 15 is 0 Å². The molecule has 26 heavy (non-hydrogen) atoms. The Morgan fingerprint density at radius 3 is 2.69 bits per heavy atom. The van der Waals surface area contributed by atoms with Crippen molar-refractivity contribution in [1.82, 2.24) is 10.2 Å². The highest BCUT2D eigenvalue weighted by molar-refractivity contribution is 5.46. The van der Waals surface area contributed by atoms with Gasteiger partial charge in [0.1, 0.15) is 11.5 Å². The van der Waals surface area contributed by atoms with Crippen LogP contribution in [-0.2, 0) is 4.74 Å². The summed E-state index contributed by atoms with van der Waals surface area (Å²) in [5.41, 5.74) is 9.41. The highest BCUT2D eigenvalue weighted by atomic mass is 16.5. The number of nitrogens with one attached hydrogen (secondary N) is 1. The minimum Gasteiger partial charge on any atom is -0.461 e.